The van der Waals surface area contributed by atoms with E-state index in [4.69, 9.17) is 28.4 Å². The Kier molecular flexibility index (Phi) is 10.6. The minimum Gasteiger partial charge on any atom is -0.463 e. The molecule has 0 radical (unpaired) electrons. The molecule has 3 aromatic carbocycles. The molecule has 8 heteroatoms. The summed E-state index contributed by atoms with van der Waals surface area (Å²) in [5, 5.41) is 0. The van der Waals surface area contributed by atoms with Crippen LogP contribution in [0.4, 0.5) is 0 Å². The molecule has 1 aliphatic heterocycles. The van der Waals surface area contributed by atoms with Gasteiger partial charge >= 0.3 is 11.9 Å². The third kappa shape index (κ3) is 8.73. The molecule has 5 atom stereocenters. The van der Waals surface area contributed by atoms with E-state index in [0.717, 1.165) is 16.7 Å². The van der Waals surface area contributed by atoms with Crippen molar-refractivity contribution in [2.75, 3.05) is 6.61 Å². The Balaban J connectivity index is 1.64. The summed E-state index contributed by atoms with van der Waals surface area (Å²) < 4.78 is 36.2. The Labute approximate surface area is 228 Å². The lowest BCUT2D eigenvalue weighted by atomic mass is 9.97. The first-order chi connectivity index (χ1) is 19.0. The Morgan fingerprint density at radius 1 is 0.615 bits per heavy atom. The molecule has 8 nitrogen and oxygen atoms in total. The van der Waals surface area contributed by atoms with Gasteiger partial charge in [-0.05, 0) is 16.7 Å². The number of benzene rings is 3. The van der Waals surface area contributed by atoms with Crippen LogP contribution in [0.2, 0.25) is 0 Å². The van der Waals surface area contributed by atoms with Crippen molar-refractivity contribution >= 4 is 11.9 Å². The molecule has 206 valence electrons. The fraction of sp³-hybridized carbons (Fsp3) is 0.355. The first-order valence-corrected chi connectivity index (χ1v) is 12.9. The van der Waals surface area contributed by atoms with Gasteiger partial charge in [0.1, 0.15) is 31.0 Å². The topological polar surface area (TPSA) is 89.5 Å². The predicted octanol–water partition coefficient (Wildman–Crippen LogP) is 4.59. The maximum absolute atomic E-state index is 12.1. The minimum atomic E-state index is -1.11. The maximum atomic E-state index is 12.1. The highest BCUT2D eigenvalue weighted by Crippen LogP contribution is 2.31. The van der Waals surface area contributed by atoms with Crippen LogP contribution in [0, 0.1) is 0 Å². The molecule has 1 saturated heterocycles. The molecule has 0 spiro atoms. The number of carbonyl (C=O) groups is 2. The van der Waals surface area contributed by atoms with Gasteiger partial charge in [-0.15, -0.1) is 0 Å². The van der Waals surface area contributed by atoms with E-state index in [1.165, 1.54) is 13.8 Å². The molecular weight excluding hydrogens is 500 g/mol. The second-order valence-corrected chi connectivity index (χ2v) is 9.24. The van der Waals surface area contributed by atoms with E-state index in [1.807, 2.05) is 91.0 Å². The van der Waals surface area contributed by atoms with E-state index >= 15 is 0 Å². The Morgan fingerprint density at radius 3 is 1.49 bits per heavy atom. The average Bonchev–Trinajstić information content (AvgIpc) is 2.95. The van der Waals surface area contributed by atoms with Crippen LogP contribution >= 0.6 is 0 Å². The van der Waals surface area contributed by atoms with Crippen LogP contribution in [-0.2, 0) is 57.8 Å². The van der Waals surface area contributed by atoms with Gasteiger partial charge in [-0.1, -0.05) is 91.0 Å². The second kappa shape index (κ2) is 14.6. The van der Waals surface area contributed by atoms with Gasteiger partial charge < -0.3 is 28.4 Å². The summed E-state index contributed by atoms with van der Waals surface area (Å²) in [6.07, 6.45) is -4.15. The van der Waals surface area contributed by atoms with E-state index < -0.39 is 42.6 Å². The normalized spacial score (nSPS) is 22.7. The molecule has 1 fully saturated rings. The zero-order valence-electron chi connectivity index (χ0n) is 22.1. The lowest BCUT2D eigenvalue weighted by Gasteiger charge is -2.45. The van der Waals surface area contributed by atoms with Crippen molar-refractivity contribution in [2.24, 2.45) is 0 Å². The van der Waals surface area contributed by atoms with Gasteiger partial charge in [-0.25, -0.2) is 0 Å². The fourth-order valence-corrected chi connectivity index (χ4v) is 4.34. The third-order valence-corrected chi connectivity index (χ3v) is 6.18. The van der Waals surface area contributed by atoms with Crippen LogP contribution in [0.1, 0.15) is 30.5 Å². The van der Waals surface area contributed by atoms with Gasteiger partial charge in [0, 0.05) is 13.8 Å². The largest absolute Gasteiger partial charge is 0.463 e. The third-order valence-electron chi connectivity index (χ3n) is 6.18. The molecule has 0 bridgehead atoms. The number of hydrogen-bond donors (Lipinski definition) is 0. The van der Waals surface area contributed by atoms with Crippen LogP contribution in [0.3, 0.4) is 0 Å². The first kappa shape index (κ1) is 28.4. The Bertz CT molecular complexity index is 1150. The van der Waals surface area contributed by atoms with Crippen LogP contribution in [0.5, 0.6) is 0 Å². The summed E-state index contributed by atoms with van der Waals surface area (Å²) in [5.41, 5.74) is 2.84. The van der Waals surface area contributed by atoms with E-state index in [9.17, 15) is 9.59 Å². The summed E-state index contributed by atoms with van der Waals surface area (Å²) >= 11 is 0. The lowest BCUT2D eigenvalue weighted by Crippen LogP contribution is -2.62. The highest BCUT2D eigenvalue weighted by atomic mass is 16.7. The second-order valence-electron chi connectivity index (χ2n) is 9.24. The summed E-state index contributed by atoms with van der Waals surface area (Å²) in [4.78, 5) is 23.8. The molecule has 1 heterocycles. The van der Waals surface area contributed by atoms with Crippen LogP contribution in [0.25, 0.3) is 0 Å². The monoisotopic (exact) mass is 534 g/mol. The van der Waals surface area contributed by atoms with Crippen molar-refractivity contribution < 1.29 is 38.0 Å². The molecule has 1 aliphatic rings. The number of ether oxygens (including phenoxy) is 6. The van der Waals surface area contributed by atoms with Crippen LogP contribution in [0.15, 0.2) is 91.0 Å². The van der Waals surface area contributed by atoms with Crippen molar-refractivity contribution in [1.82, 2.24) is 0 Å². The van der Waals surface area contributed by atoms with Gasteiger partial charge in [0.15, 0.2) is 0 Å². The molecule has 0 saturated carbocycles. The van der Waals surface area contributed by atoms with Crippen molar-refractivity contribution in [2.45, 2.75) is 64.4 Å². The first-order valence-electron chi connectivity index (χ1n) is 12.9. The Hall–Kier alpha value is -3.56. The van der Waals surface area contributed by atoms with Crippen molar-refractivity contribution in [1.29, 1.82) is 0 Å². The number of carbonyl (C=O) groups excluding carboxylic acids is 2. The van der Waals surface area contributed by atoms with Crippen molar-refractivity contribution in [3.05, 3.63) is 108 Å². The maximum Gasteiger partial charge on any atom is 0.305 e. The van der Waals surface area contributed by atoms with Gasteiger partial charge in [0.2, 0.25) is 6.29 Å². The minimum absolute atomic E-state index is 0.108. The summed E-state index contributed by atoms with van der Waals surface area (Å²) in [7, 11) is 0. The molecule has 0 aromatic heterocycles. The van der Waals surface area contributed by atoms with Gasteiger partial charge in [0.25, 0.3) is 0 Å². The Morgan fingerprint density at radius 2 is 1.05 bits per heavy atom. The molecule has 39 heavy (non-hydrogen) atoms. The van der Waals surface area contributed by atoms with E-state index in [1.54, 1.807) is 0 Å². The van der Waals surface area contributed by atoms with Crippen molar-refractivity contribution in [3.8, 4) is 0 Å². The molecule has 4 rings (SSSR count). The molecule has 0 N–H and O–H groups in total. The summed E-state index contributed by atoms with van der Waals surface area (Å²) in [5.74, 6) is -1.00. The smallest absolute Gasteiger partial charge is 0.305 e. The van der Waals surface area contributed by atoms with Gasteiger partial charge in [-0.2, -0.15) is 0 Å². The molecule has 0 unspecified atom stereocenters. The SMILES string of the molecule is CC(=O)OC[C@H]1O[C@@H](OC(C)=O)[C@@H](OCc2ccccc2)[C@@H](OCc2ccccc2)[C@@H]1OCc1ccccc1. The molecule has 3 aromatic rings. The fourth-order valence-electron chi connectivity index (χ4n) is 4.34. The highest BCUT2D eigenvalue weighted by Gasteiger charge is 2.50. The zero-order chi connectivity index (χ0) is 27.5. The van der Waals surface area contributed by atoms with E-state index in [-0.39, 0.29) is 26.4 Å². The number of hydrogen-bond acceptors (Lipinski definition) is 8. The zero-order valence-corrected chi connectivity index (χ0v) is 22.1. The average molecular weight is 535 g/mol. The van der Waals surface area contributed by atoms with E-state index in [2.05, 4.69) is 0 Å². The summed E-state index contributed by atoms with van der Waals surface area (Å²) in [6, 6.07) is 29.1. The molecule has 0 amide bonds. The van der Waals surface area contributed by atoms with Gasteiger partial charge in [0.05, 0.1) is 19.8 Å². The predicted molar refractivity (Wildman–Crippen MR) is 142 cm³/mol. The lowest BCUT2D eigenvalue weighted by molar-refractivity contribution is -0.318. The standard InChI is InChI=1S/C31H34O8/c1-22(32)34-21-27-28(35-18-24-12-6-3-7-13-24)29(36-19-25-14-8-4-9-15-25)30(31(39-27)38-23(2)33)37-20-26-16-10-5-11-17-26/h3-17,27-31H,18-21H2,1-2H3/t27-,28-,29+,30+,31-/m1/s1. The number of esters is 2. The van der Waals surface area contributed by atoms with Gasteiger partial charge in [-0.3, -0.25) is 9.59 Å². The van der Waals surface area contributed by atoms with Crippen LogP contribution in [-0.4, -0.2) is 49.3 Å². The molecular formula is C31H34O8. The van der Waals surface area contributed by atoms with E-state index in [0.29, 0.717) is 0 Å². The number of rotatable bonds is 12. The quantitative estimate of drug-likeness (QED) is 0.312. The van der Waals surface area contributed by atoms with Crippen LogP contribution < -0.4 is 0 Å². The highest BCUT2D eigenvalue weighted by molar-refractivity contribution is 5.66. The van der Waals surface area contributed by atoms with Crippen molar-refractivity contribution in [3.63, 3.8) is 0 Å². The molecule has 0 aliphatic carbocycles. The summed E-state index contributed by atoms with van der Waals surface area (Å²) in [6.45, 7) is 3.27.